The van der Waals surface area contributed by atoms with Gasteiger partial charge < -0.3 is 10.6 Å². The molecule has 0 radical (unpaired) electrons. The van der Waals surface area contributed by atoms with Crippen molar-refractivity contribution in [2.24, 2.45) is 5.73 Å². The second-order valence-corrected chi connectivity index (χ2v) is 4.91. The van der Waals surface area contributed by atoms with Gasteiger partial charge in [-0.25, -0.2) is 4.98 Å². The van der Waals surface area contributed by atoms with Crippen LogP contribution in [-0.4, -0.2) is 24.1 Å². The molecule has 0 bridgehead atoms. The van der Waals surface area contributed by atoms with Gasteiger partial charge in [0.15, 0.2) is 0 Å². The Bertz CT molecular complexity index is 345. The quantitative estimate of drug-likeness (QED) is 0.849. The molecule has 0 amide bonds. The zero-order chi connectivity index (χ0) is 12.1. The van der Waals surface area contributed by atoms with E-state index < -0.39 is 0 Å². The Hall–Kier alpha value is -1.09. The highest BCUT2D eigenvalue weighted by molar-refractivity contribution is 5.40. The summed E-state index contributed by atoms with van der Waals surface area (Å²) in [4.78, 5) is 7.12. The number of nitrogens with zero attached hydrogens (tertiary/aromatic N) is 2. The van der Waals surface area contributed by atoms with Crippen LogP contribution in [0.2, 0.25) is 0 Å². The van der Waals surface area contributed by atoms with Gasteiger partial charge in [0.1, 0.15) is 5.82 Å². The maximum atomic E-state index is 5.64. The number of nitrogens with two attached hydrogens (primary N) is 1. The van der Waals surface area contributed by atoms with Crippen molar-refractivity contribution in [3.05, 3.63) is 23.9 Å². The molecule has 1 heterocycles. The third kappa shape index (κ3) is 3.19. The Morgan fingerprint density at radius 2 is 2.12 bits per heavy atom. The van der Waals surface area contributed by atoms with Gasteiger partial charge in [0.2, 0.25) is 0 Å². The molecule has 3 nitrogen and oxygen atoms in total. The molecule has 0 atom stereocenters. The Balaban J connectivity index is 2.13. The van der Waals surface area contributed by atoms with Crippen LogP contribution < -0.4 is 10.6 Å². The fourth-order valence-electron chi connectivity index (χ4n) is 2.65. The first-order valence-electron chi connectivity index (χ1n) is 6.71. The van der Waals surface area contributed by atoms with Gasteiger partial charge in [-0.15, -0.1) is 0 Å². The van der Waals surface area contributed by atoms with Gasteiger partial charge in [0.25, 0.3) is 0 Å². The summed E-state index contributed by atoms with van der Waals surface area (Å²) in [5.41, 5.74) is 6.73. The van der Waals surface area contributed by atoms with Gasteiger partial charge >= 0.3 is 0 Å². The van der Waals surface area contributed by atoms with Crippen molar-refractivity contribution in [2.45, 2.75) is 45.1 Å². The Labute approximate surface area is 104 Å². The SMILES string of the molecule is Cc1cccc(N(CCCN)C2CCCC2)n1. The van der Waals surface area contributed by atoms with Crippen LogP contribution in [-0.2, 0) is 0 Å². The number of aromatic nitrogens is 1. The molecule has 0 unspecified atom stereocenters. The van der Waals surface area contributed by atoms with Crippen molar-refractivity contribution in [1.29, 1.82) is 0 Å². The highest BCUT2D eigenvalue weighted by atomic mass is 15.2. The van der Waals surface area contributed by atoms with E-state index >= 15 is 0 Å². The summed E-state index contributed by atoms with van der Waals surface area (Å²) >= 11 is 0. The maximum absolute atomic E-state index is 5.64. The molecule has 1 aliphatic carbocycles. The molecule has 17 heavy (non-hydrogen) atoms. The summed E-state index contributed by atoms with van der Waals surface area (Å²) in [5, 5.41) is 0. The molecule has 0 saturated heterocycles. The van der Waals surface area contributed by atoms with Crippen LogP contribution in [0.1, 0.15) is 37.8 Å². The minimum absolute atomic E-state index is 0.677. The summed E-state index contributed by atoms with van der Waals surface area (Å²) in [7, 11) is 0. The van der Waals surface area contributed by atoms with E-state index in [1.807, 2.05) is 0 Å². The Kier molecular flexibility index (Phi) is 4.37. The van der Waals surface area contributed by atoms with E-state index in [0.29, 0.717) is 6.04 Å². The topological polar surface area (TPSA) is 42.1 Å². The van der Waals surface area contributed by atoms with Crippen LogP contribution in [0.3, 0.4) is 0 Å². The highest BCUT2D eigenvalue weighted by Gasteiger charge is 2.23. The van der Waals surface area contributed by atoms with Crippen LogP contribution in [0.15, 0.2) is 18.2 Å². The lowest BCUT2D eigenvalue weighted by molar-refractivity contribution is 0.586. The van der Waals surface area contributed by atoms with Crippen molar-refractivity contribution in [1.82, 2.24) is 4.98 Å². The Morgan fingerprint density at radius 1 is 1.35 bits per heavy atom. The van der Waals surface area contributed by atoms with Crippen LogP contribution in [0, 0.1) is 6.92 Å². The summed E-state index contributed by atoms with van der Waals surface area (Å²) < 4.78 is 0. The molecule has 3 heteroatoms. The van der Waals surface area contributed by atoms with Crippen molar-refractivity contribution < 1.29 is 0 Å². The number of hydrogen-bond acceptors (Lipinski definition) is 3. The fraction of sp³-hybridized carbons (Fsp3) is 0.643. The molecule has 0 spiro atoms. The molecule has 1 fully saturated rings. The summed E-state index contributed by atoms with van der Waals surface area (Å²) in [5.74, 6) is 1.13. The molecular formula is C14H23N3. The molecule has 0 aromatic carbocycles. The van der Waals surface area contributed by atoms with Gasteiger partial charge in [-0.05, 0) is 44.9 Å². The first kappa shape index (κ1) is 12.4. The average molecular weight is 233 g/mol. The lowest BCUT2D eigenvalue weighted by atomic mass is 10.2. The van der Waals surface area contributed by atoms with E-state index in [4.69, 9.17) is 5.73 Å². The van der Waals surface area contributed by atoms with E-state index in [2.05, 4.69) is 35.0 Å². The lowest BCUT2D eigenvalue weighted by Gasteiger charge is -2.30. The monoisotopic (exact) mass is 233 g/mol. The molecule has 1 aromatic heterocycles. The first-order valence-corrected chi connectivity index (χ1v) is 6.71. The maximum Gasteiger partial charge on any atom is 0.129 e. The smallest absolute Gasteiger partial charge is 0.129 e. The van der Waals surface area contributed by atoms with E-state index in [1.165, 1.54) is 25.7 Å². The van der Waals surface area contributed by atoms with Crippen LogP contribution >= 0.6 is 0 Å². The van der Waals surface area contributed by atoms with E-state index in [-0.39, 0.29) is 0 Å². The summed E-state index contributed by atoms with van der Waals surface area (Å²) in [6, 6.07) is 6.96. The number of pyridine rings is 1. The van der Waals surface area contributed by atoms with Crippen LogP contribution in [0.5, 0.6) is 0 Å². The molecule has 2 N–H and O–H groups in total. The van der Waals surface area contributed by atoms with E-state index in [1.54, 1.807) is 0 Å². The van der Waals surface area contributed by atoms with Crippen molar-refractivity contribution >= 4 is 5.82 Å². The molecule has 1 aromatic rings. The second kappa shape index (κ2) is 6.01. The predicted molar refractivity (Wildman–Crippen MR) is 72.2 cm³/mol. The van der Waals surface area contributed by atoms with Crippen molar-refractivity contribution in [3.8, 4) is 0 Å². The zero-order valence-corrected chi connectivity index (χ0v) is 10.7. The number of anilines is 1. The van der Waals surface area contributed by atoms with E-state index in [0.717, 1.165) is 31.0 Å². The highest BCUT2D eigenvalue weighted by Crippen LogP contribution is 2.27. The summed E-state index contributed by atoms with van der Waals surface area (Å²) in [6.07, 6.45) is 6.37. The second-order valence-electron chi connectivity index (χ2n) is 4.91. The van der Waals surface area contributed by atoms with Gasteiger partial charge in [-0.1, -0.05) is 18.9 Å². The fourth-order valence-corrected chi connectivity index (χ4v) is 2.65. The molecule has 0 aliphatic heterocycles. The minimum atomic E-state index is 0.677. The number of rotatable bonds is 5. The molecule has 2 rings (SSSR count). The third-order valence-electron chi connectivity index (χ3n) is 3.54. The minimum Gasteiger partial charge on any atom is -0.354 e. The largest absolute Gasteiger partial charge is 0.354 e. The zero-order valence-electron chi connectivity index (χ0n) is 10.7. The molecular weight excluding hydrogens is 210 g/mol. The standard InChI is InChI=1S/C14H23N3/c1-12-6-4-9-14(16-12)17(11-5-10-15)13-7-2-3-8-13/h4,6,9,13H,2-3,5,7-8,10-11,15H2,1H3. The molecule has 1 aliphatic rings. The van der Waals surface area contributed by atoms with Gasteiger partial charge in [0.05, 0.1) is 0 Å². The number of hydrogen-bond donors (Lipinski definition) is 1. The Morgan fingerprint density at radius 3 is 2.76 bits per heavy atom. The third-order valence-corrected chi connectivity index (χ3v) is 3.54. The first-order chi connectivity index (χ1) is 8.31. The van der Waals surface area contributed by atoms with Gasteiger partial charge in [-0.2, -0.15) is 0 Å². The van der Waals surface area contributed by atoms with Crippen LogP contribution in [0.4, 0.5) is 5.82 Å². The van der Waals surface area contributed by atoms with Gasteiger partial charge in [-0.3, -0.25) is 0 Å². The molecule has 94 valence electrons. The predicted octanol–water partition coefficient (Wildman–Crippen LogP) is 2.49. The van der Waals surface area contributed by atoms with Crippen molar-refractivity contribution in [2.75, 3.05) is 18.0 Å². The van der Waals surface area contributed by atoms with Crippen molar-refractivity contribution in [3.63, 3.8) is 0 Å². The summed E-state index contributed by atoms with van der Waals surface area (Å²) in [6.45, 7) is 3.85. The lowest BCUT2D eigenvalue weighted by Crippen LogP contribution is -2.35. The average Bonchev–Trinajstić information content (AvgIpc) is 2.83. The number of aryl methyl sites for hydroxylation is 1. The van der Waals surface area contributed by atoms with E-state index in [9.17, 15) is 0 Å². The normalized spacial score (nSPS) is 16.4. The van der Waals surface area contributed by atoms with Crippen LogP contribution in [0.25, 0.3) is 0 Å². The van der Waals surface area contributed by atoms with Gasteiger partial charge in [0, 0.05) is 18.3 Å². The molecule has 1 saturated carbocycles.